The molecule has 0 bridgehead atoms. The molecule has 3 rings (SSSR count). The lowest BCUT2D eigenvalue weighted by Gasteiger charge is -2.06. The summed E-state index contributed by atoms with van der Waals surface area (Å²) in [4.78, 5) is 16.2. The predicted octanol–water partition coefficient (Wildman–Crippen LogP) is 3.88. The van der Waals surface area contributed by atoms with Crippen molar-refractivity contribution in [1.29, 1.82) is 0 Å². The third-order valence-corrected chi connectivity index (χ3v) is 4.03. The summed E-state index contributed by atoms with van der Waals surface area (Å²) in [6.07, 6.45) is 1.69. The molecule has 2 heterocycles. The van der Waals surface area contributed by atoms with Crippen LogP contribution in [0.5, 0.6) is 0 Å². The first-order chi connectivity index (χ1) is 11.0. The number of nitrogens with zero attached hydrogens (tertiary/aromatic N) is 3. The number of esters is 1. The van der Waals surface area contributed by atoms with Crippen molar-refractivity contribution >= 4 is 40.2 Å². The minimum absolute atomic E-state index is 0.188. The smallest absolute Gasteiger partial charge is 0.360 e. The molecule has 0 aliphatic carbocycles. The zero-order valence-electron chi connectivity index (χ0n) is 12.5. The van der Waals surface area contributed by atoms with Gasteiger partial charge in [-0.3, -0.25) is 9.67 Å². The van der Waals surface area contributed by atoms with Gasteiger partial charge in [0.25, 0.3) is 0 Å². The molecule has 0 aliphatic heterocycles. The number of rotatable bonds is 3. The minimum Gasteiger partial charge on any atom is -0.464 e. The third kappa shape index (κ3) is 3.02. The highest BCUT2D eigenvalue weighted by atomic mass is 35.5. The van der Waals surface area contributed by atoms with Crippen LogP contribution in [-0.4, -0.2) is 27.8 Å². The molecule has 0 radical (unpaired) electrons. The van der Waals surface area contributed by atoms with Gasteiger partial charge in [-0.05, 0) is 36.2 Å². The van der Waals surface area contributed by atoms with Gasteiger partial charge < -0.3 is 4.74 Å². The van der Waals surface area contributed by atoms with E-state index in [0.29, 0.717) is 22.1 Å². The number of ether oxygens (including phenoxy) is 1. The molecule has 7 heteroatoms. The fraction of sp³-hybridized carbons (Fsp3) is 0.188. The quantitative estimate of drug-likeness (QED) is 0.673. The van der Waals surface area contributed by atoms with Crippen LogP contribution in [0.15, 0.2) is 30.5 Å². The van der Waals surface area contributed by atoms with E-state index in [1.165, 1.54) is 7.11 Å². The third-order valence-electron chi connectivity index (χ3n) is 3.44. The Morgan fingerprint density at radius 3 is 2.78 bits per heavy atom. The maximum Gasteiger partial charge on any atom is 0.360 e. The fourth-order valence-corrected chi connectivity index (χ4v) is 2.79. The number of hydrogen-bond donors (Lipinski definition) is 0. The summed E-state index contributed by atoms with van der Waals surface area (Å²) < 4.78 is 6.47. The number of pyridine rings is 1. The molecule has 0 N–H and O–H groups in total. The number of aryl methyl sites for hydroxylation is 1. The second kappa shape index (κ2) is 6.18. The Balaban J connectivity index is 2.13. The van der Waals surface area contributed by atoms with Gasteiger partial charge in [-0.1, -0.05) is 29.3 Å². The van der Waals surface area contributed by atoms with Gasteiger partial charge in [0, 0.05) is 16.2 Å². The van der Waals surface area contributed by atoms with Gasteiger partial charge in [-0.25, -0.2) is 4.79 Å². The monoisotopic (exact) mass is 349 g/mol. The second-order valence-electron chi connectivity index (χ2n) is 5.11. The van der Waals surface area contributed by atoms with Crippen molar-refractivity contribution in [3.8, 4) is 0 Å². The number of fused-ring (bicyclic) bond motifs is 1. The van der Waals surface area contributed by atoms with Crippen LogP contribution in [0, 0.1) is 6.92 Å². The first-order valence-corrected chi connectivity index (χ1v) is 7.60. The van der Waals surface area contributed by atoms with Crippen molar-refractivity contribution in [2.75, 3.05) is 7.11 Å². The summed E-state index contributed by atoms with van der Waals surface area (Å²) in [6, 6.07) is 7.19. The van der Waals surface area contributed by atoms with Gasteiger partial charge in [0.2, 0.25) is 0 Å². The van der Waals surface area contributed by atoms with Crippen LogP contribution in [0.1, 0.15) is 21.6 Å². The largest absolute Gasteiger partial charge is 0.464 e. The molecule has 0 spiro atoms. The van der Waals surface area contributed by atoms with Gasteiger partial charge >= 0.3 is 5.97 Å². The maximum atomic E-state index is 11.9. The summed E-state index contributed by atoms with van der Waals surface area (Å²) in [5.74, 6) is -0.521. The Hall–Kier alpha value is -2.11. The molecule has 2 aromatic heterocycles. The predicted molar refractivity (Wildman–Crippen MR) is 89.2 cm³/mol. The lowest BCUT2D eigenvalue weighted by atomic mass is 10.2. The summed E-state index contributed by atoms with van der Waals surface area (Å²) >= 11 is 12.1. The molecular formula is C16H13Cl2N3O2. The molecule has 23 heavy (non-hydrogen) atoms. The number of benzene rings is 1. The van der Waals surface area contributed by atoms with E-state index in [1.54, 1.807) is 23.0 Å². The van der Waals surface area contributed by atoms with Crippen LogP contribution in [0.25, 0.3) is 11.0 Å². The molecule has 0 amide bonds. The Labute approximate surface area is 142 Å². The molecule has 0 saturated heterocycles. The van der Waals surface area contributed by atoms with E-state index in [1.807, 2.05) is 19.1 Å². The average Bonchev–Trinajstić information content (AvgIpc) is 2.87. The molecule has 3 aromatic rings. The number of methoxy groups -OCH3 is 1. The van der Waals surface area contributed by atoms with E-state index in [9.17, 15) is 4.79 Å². The number of carbonyl (C=O) groups excluding carboxylic acids is 1. The number of aromatic nitrogens is 3. The molecule has 0 atom stereocenters. The van der Waals surface area contributed by atoms with Gasteiger partial charge in [0.15, 0.2) is 5.69 Å². The molecule has 1 aromatic carbocycles. The summed E-state index contributed by atoms with van der Waals surface area (Å²) in [5.41, 5.74) is 3.26. The van der Waals surface area contributed by atoms with Crippen molar-refractivity contribution in [2.24, 2.45) is 0 Å². The Bertz CT molecular complexity index is 906. The van der Waals surface area contributed by atoms with Crippen molar-refractivity contribution in [3.63, 3.8) is 0 Å². The summed E-state index contributed by atoms with van der Waals surface area (Å²) in [7, 11) is 1.32. The standard InChI is InChI=1S/C16H13Cl2N3O2/c1-9-5-13-14(19-7-9)15(16(22)23-2)20-21(13)8-10-3-4-11(17)6-12(10)18/h3-7H,8H2,1-2H3. The van der Waals surface area contributed by atoms with Gasteiger partial charge in [0.05, 0.1) is 19.2 Å². The van der Waals surface area contributed by atoms with E-state index in [-0.39, 0.29) is 5.69 Å². The average molecular weight is 350 g/mol. The number of halogens is 2. The second-order valence-corrected chi connectivity index (χ2v) is 5.96. The SMILES string of the molecule is COC(=O)c1nn(Cc2ccc(Cl)cc2Cl)c2cc(C)cnc12. The van der Waals surface area contributed by atoms with Crippen molar-refractivity contribution in [3.05, 3.63) is 57.3 Å². The van der Waals surface area contributed by atoms with Crippen molar-refractivity contribution in [1.82, 2.24) is 14.8 Å². The van der Waals surface area contributed by atoms with E-state index in [4.69, 9.17) is 27.9 Å². The lowest BCUT2D eigenvalue weighted by Crippen LogP contribution is -2.06. The van der Waals surface area contributed by atoms with Crippen LogP contribution in [0.3, 0.4) is 0 Å². The van der Waals surface area contributed by atoms with E-state index >= 15 is 0 Å². The van der Waals surface area contributed by atoms with E-state index < -0.39 is 5.97 Å². The molecule has 0 fully saturated rings. The van der Waals surface area contributed by atoms with Crippen molar-refractivity contribution < 1.29 is 9.53 Å². The van der Waals surface area contributed by atoms with Crippen LogP contribution < -0.4 is 0 Å². The van der Waals surface area contributed by atoms with E-state index in [2.05, 4.69) is 10.1 Å². The highest BCUT2D eigenvalue weighted by molar-refractivity contribution is 6.35. The highest BCUT2D eigenvalue weighted by Gasteiger charge is 2.19. The Morgan fingerprint density at radius 2 is 2.09 bits per heavy atom. The van der Waals surface area contributed by atoms with Crippen LogP contribution in [0.2, 0.25) is 10.0 Å². The van der Waals surface area contributed by atoms with Crippen molar-refractivity contribution in [2.45, 2.75) is 13.5 Å². The zero-order chi connectivity index (χ0) is 16.6. The molecular weight excluding hydrogens is 337 g/mol. The van der Waals surface area contributed by atoms with Crippen LogP contribution >= 0.6 is 23.2 Å². The molecule has 5 nitrogen and oxygen atoms in total. The Morgan fingerprint density at radius 1 is 1.30 bits per heavy atom. The molecule has 0 saturated carbocycles. The fourth-order valence-electron chi connectivity index (χ4n) is 2.32. The molecule has 0 unspecified atom stereocenters. The topological polar surface area (TPSA) is 57.0 Å². The lowest BCUT2D eigenvalue weighted by molar-refractivity contribution is 0.0595. The first-order valence-electron chi connectivity index (χ1n) is 6.85. The van der Waals surface area contributed by atoms with Gasteiger partial charge in [-0.2, -0.15) is 5.10 Å². The summed E-state index contributed by atoms with van der Waals surface area (Å²) in [6.45, 7) is 2.32. The number of hydrogen-bond acceptors (Lipinski definition) is 4. The van der Waals surface area contributed by atoms with Crippen LogP contribution in [-0.2, 0) is 11.3 Å². The van der Waals surface area contributed by atoms with Gasteiger partial charge in [-0.15, -0.1) is 0 Å². The summed E-state index contributed by atoms with van der Waals surface area (Å²) in [5, 5.41) is 5.46. The first kappa shape index (κ1) is 15.8. The Kier molecular flexibility index (Phi) is 4.24. The number of carbonyl (C=O) groups is 1. The van der Waals surface area contributed by atoms with E-state index in [0.717, 1.165) is 16.6 Å². The normalized spacial score (nSPS) is 11.0. The zero-order valence-corrected chi connectivity index (χ0v) is 14.0. The molecule has 118 valence electrons. The molecule has 0 aliphatic rings. The maximum absolute atomic E-state index is 11.9. The van der Waals surface area contributed by atoms with Gasteiger partial charge in [0.1, 0.15) is 5.52 Å². The minimum atomic E-state index is -0.521. The van der Waals surface area contributed by atoms with Crippen LogP contribution in [0.4, 0.5) is 0 Å². The highest BCUT2D eigenvalue weighted by Crippen LogP contribution is 2.24.